The van der Waals surface area contributed by atoms with Crippen LogP contribution in [0.4, 0.5) is 0 Å². The van der Waals surface area contributed by atoms with E-state index in [4.69, 9.17) is 0 Å². The van der Waals surface area contributed by atoms with E-state index in [9.17, 15) is 9.59 Å². The maximum absolute atomic E-state index is 11.9. The summed E-state index contributed by atoms with van der Waals surface area (Å²) in [5.74, 6) is -0.870. The van der Waals surface area contributed by atoms with Crippen molar-refractivity contribution < 1.29 is 9.59 Å². The molecule has 2 N–H and O–H groups in total. The molecule has 0 spiro atoms. The highest BCUT2D eigenvalue weighted by atomic mass is 16.2. The van der Waals surface area contributed by atoms with Crippen LogP contribution in [0.3, 0.4) is 0 Å². The first-order valence-electron chi connectivity index (χ1n) is 6.90. The van der Waals surface area contributed by atoms with Crippen LogP contribution in [0.25, 0.3) is 0 Å². The van der Waals surface area contributed by atoms with E-state index in [1.807, 2.05) is 0 Å². The molecule has 0 atom stereocenters. The number of amides is 2. The van der Waals surface area contributed by atoms with Gasteiger partial charge in [0.1, 0.15) is 6.42 Å². The highest BCUT2D eigenvalue weighted by Gasteiger charge is 2.10. The minimum Gasteiger partial charge on any atom is -0.326 e. The van der Waals surface area contributed by atoms with Crippen LogP contribution in [0, 0.1) is 0 Å². The molecule has 120 valence electrons. The van der Waals surface area contributed by atoms with Gasteiger partial charge in [-0.1, -0.05) is 62.8 Å². The second-order valence-corrected chi connectivity index (χ2v) is 4.18. The van der Waals surface area contributed by atoms with Gasteiger partial charge in [0.05, 0.1) is 0 Å². The van der Waals surface area contributed by atoms with Crippen LogP contribution in [0.2, 0.25) is 0 Å². The minimum absolute atomic E-state index is 0.313. The first-order chi connectivity index (χ1) is 11.1. The third kappa shape index (κ3) is 10.3. The van der Waals surface area contributed by atoms with Gasteiger partial charge in [-0.25, -0.2) is 0 Å². The molecule has 0 radical (unpaired) electrons. The van der Waals surface area contributed by atoms with E-state index >= 15 is 0 Å². The summed E-state index contributed by atoms with van der Waals surface area (Å²) in [6, 6.07) is 0. The van der Waals surface area contributed by atoms with Gasteiger partial charge in [0.2, 0.25) is 11.8 Å². The van der Waals surface area contributed by atoms with Gasteiger partial charge in [0.25, 0.3) is 0 Å². The quantitative estimate of drug-likeness (QED) is 0.481. The number of carbonyl (C=O) groups excluding carboxylic acids is 2. The predicted octanol–water partition coefficient (Wildman–Crippen LogP) is 3.23. The van der Waals surface area contributed by atoms with Gasteiger partial charge in [0, 0.05) is 11.4 Å². The summed E-state index contributed by atoms with van der Waals surface area (Å²) in [6.07, 6.45) is 15.8. The van der Waals surface area contributed by atoms with Gasteiger partial charge < -0.3 is 10.6 Å². The fourth-order valence-corrected chi connectivity index (χ4v) is 1.43. The molecule has 0 aromatic rings. The molecule has 0 fully saturated rings. The zero-order valence-corrected chi connectivity index (χ0v) is 13.1. The van der Waals surface area contributed by atoms with E-state index in [1.165, 1.54) is 12.2 Å². The van der Waals surface area contributed by atoms with Crippen molar-refractivity contribution in [2.75, 3.05) is 0 Å². The normalized spacial score (nSPS) is 12.0. The Labute approximate surface area is 137 Å². The first kappa shape index (κ1) is 19.9. The largest absolute Gasteiger partial charge is 0.326 e. The van der Waals surface area contributed by atoms with Crippen LogP contribution in [-0.2, 0) is 9.59 Å². The molecule has 4 heteroatoms. The maximum atomic E-state index is 11.9. The lowest BCUT2D eigenvalue weighted by Crippen LogP contribution is -2.30. The fraction of sp³-hybridized carbons (Fsp3) is 0.0526. The molecule has 0 bridgehead atoms. The van der Waals surface area contributed by atoms with Crippen LogP contribution in [0.5, 0.6) is 0 Å². The van der Waals surface area contributed by atoms with Gasteiger partial charge in [-0.2, -0.15) is 0 Å². The summed E-state index contributed by atoms with van der Waals surface area (Å²) < 4.78 is 0. The Bertz CT molecular complexity index is 538. The Morgan fingerprint density at radius 2 is 1.09 bits per heavy atom. The lowest BCUT2D eigenvalue weighted by Gasteiger charge is -2.07. The molecule has 2 amide bonds. The van der Waals surface area contributed by atoms with Crippen molar-refractivity contribution in [1.29, 1.82) is 0 Å². The Kier molecular flexibility index (Phi) is 10.9. The molecule has 23 heavy (non-hydrogen) atoms. The number of carbonyl (C=O) groups is 2. The third-order valence-corrected chi connectivity index (χ3v) is 2.31. The predicted molar refractivity (Wildman–Crippen MR) is 96.1 cm³/mol. The topological polar surface area (TPSA) is 58.2 Å². The minimum atomic E-state index is -0.435. The summed E-state index contributed by atoms with van der Waals surface area (Å²) >= 11 is 0. The number of allylic oxidation sites excluding steroid dienone is 10. The SMILES string of the molecule is C=C/C=C\C(=C/C=C)NC(=O)CC(=O)NC(/C=C\C=C)=C/C=C. The zero-order valence-electron chi connectivity index (χ0n) is 13.1. The lowest BCUT2D eigenvalue weighted by molar-refractivity contribution is -0.128. The number of hydrogen-bond donors (Lipinski definition) is 2. The van der Waals surface area contributed by atoms with Crippen molar-refractivity contribution >= 4 is 11.8 Å². The average molecular weight is 310 g/mol. The molecule has 0 rings (SSSR count). The van der Waals surface area contributed by atoms with E-state index in [2.05, 4.69) is 36.9 Å². The second kappa shape index (κ2) is 12.6. The molecular formula is C19H22N2O2. The van der Waals surface area contributed by atoms with Crippen molar-refractivity contribution in [3.63, 3.8) is 0 Å². The van der Waals surface area contributed by atoms with E-state index in [0.717, 1.165) is 0 Å². The summed E-state index contributed by atoms with van der Waals surface area (Å²) in [4.78, 5) is 23.7. The van der Waals surface area contributed by atoms with E-state index < -0.39 is 11.8 Å². The summed E-state index contributed by atoms with van der Waals surface area (Å²) in [5.41, 5.74) is 1.04. The van der Waals surface area contributed by atoms with Crippen LogP contribution >= 0.6 is 0 Å². The highest BCUT2D eigenvalue weighted by molar-refractivity contribution is 5.98. The van der Waals surface area contributed by atoms with Gasteiger partial charge in [-0.15, -0.1) is 0 Å². The number of rotatable bonds is 10. The number of hydrogen-bond acceptors (Lipinski definition) is 2. The van der Waals surface area contributed by atoms with Crippen LogP contribution in [0.1, 0.15) is 6.42 Å². The molecule has 0 saturated carbocycles. The fourth-order valence-electron chi connectivity index (χ4n) is 1.43. The van der Waals surface area contributed by atoms with Gasteiger partial charge >= 0.3 is 0 Å². The van der Waals surface area contributed by atoms with Gasteiger partial charge in [-0.3, -0.25) is 9.59 Å². The molecule has 0 aliphatic carbocycles. The lowest BCUT2D eigenvalue weighted by atomic mass is 10.3. The van der Waals surface area contributed by atoms with Crippen molar-refractivity contribution in [3.8, 4) is 0 Å². The van der Waals surface area contributed by atoms with Gasteiger partial charge in [0.15, 0.2) is 0 Å². The van der Waals surface area contributed by atoms with Crippen molar-refractivity contribution in [3.05, 3.63) is 98.5 Å². The molecule has 0 saturated heterocycles. The second-order valence-electron chi connectivity index (χ2n) is 4.18. The Balaban J connectivity index is 4.72. The first-order valence-corrected chi connectivity index (χ1v) is 6.90. The van der Waals surface area contributed by atoms with Crippen LogP contribution in [0.15, 0.2) is 98.5 Å². The molecule has 0 aromatic carbocycles. The van der Waals surface area contributed by atoms with E-state index in [1.54, 1.807) is 48.6 Å². The molecule has 0 aromatic heterocycles. The summed E-state index contributed by atoms with van der Waals surface area (Å²) in [6.45, 7) is 14.2. The van der Waals surface area contributed by atoms with Crippen LogP contribution < -0.4 is 10.6 Å². The zero-order chi connectivity index (χ0) is 17.5. The third-order valence-electron chi connectivity index (χ3n) is 2.31. The van der Waals surface area contributed by atoms with Crippen molar-refractivity contribution in [2.45, 2.75) is 6.42 Å². The molecule has 0 aliphatic heterocycles. The summed E-state index contributed by atoms with van der Waals surface area (Å²) in [5, 5.41) is 5.23. The van der Waals surface area contributed by atoms with Crippen molar-refractivity contribution in [1.82, 2.24) is 10.6 Å². The van der Waals surface area contributed by atoms with Crippen molar-refractivity contribution in [2.24, 2.45) is 0 Å². The molecule has 0 heterocycles. The standard InChI is InChI=1S/C19H22N2O2/c1-5-9-13-16(11-7-3)20-18(22)15-19(23)21-17(12-8-4)14-10-6-2/h5-14H,1-4,15H2,(H,20,22)(H,21,23)/b13-9-,14-10-,16-11+,17-12+. The Hall–Kier alpha value is -3.14. The van der Waals surface area contributed by atoms with E-state index in [0.29, 0.717) is 11.4 Å². The van der Waals surface area contributed by atoms with Crippen LogP contribution in [-0.4, -0.2) is 11.8 Å². The Morgan fingerprint density at radius 1 is 0.696 bits per heavy atom. The van der Waals surface area contributed by atoms with Gasteiger partial charge in [-0.05, 0) is 24.3 Å². The Morgan fingerprint density at radius 3 is 1.39 bits per heavy atom. The summed E-state index contributed by atoms with van der Waals surface area (Å²) in [7, 11) is 0. The smallest absolute Gasteiger partial charge is 0.233 e. The highest BCUT2D eigenvalue weighted by Crippen LogP contribution is 1.98. The molecule has 0 aliphatic rings. The molecular weight excluding hydrogens is 288 g/mol. The average Bonchev–Trinajstić information content (AvgIpc) is 2.50. The number of nitrogens with one attached hydrogen (secondary N) is 2. The van der Waals surface area contributed by atoms with E-state index in [-0.39, 0.29) is 6.42 Å². The molecule has 0 unspecified atom stereocenters. The molecule has 4 nitrogen and oxygen atoms in total. The monoisotopic (exact) mass is 310 g/mol. The maximum Gasteiger partial charge on any atom is 0.233 e.